The molecule has 0 radical (unpaired) electrons. The predicted molar refractivity (Wildman–Crippen MR) is 93.0 cm³/mol. The summed E-state index contributed by atoms with van der Waals surface area (Å²) >= 11 is 18.3. The van der Waals surface area contributed by atoms with Crippen molar-refractivity contribution in [2.45, 2.75) is 6.92 Å². The summed E-state index contributed by atoms with van der Waals surface area (Å²) in [5.41, 5.74) is 3.74. The summed E-state index contributed by atoms with van der Waals surface area (Å²) in [4.78, 5) is 13.7. The maximum Gasteiger partial charge on any atom is 0.291 e. The normalized spacial score (nSPS) is 11.0. The third-order valence-electron chi connectivity index (χ3n) is 2.77. The van der Waals surface area contributed by atoms with Crippen LogP contribution in [0.2, 0.25) is 15.1 Å². The number of amides is 1. The Morgan fingerprint density at radius 3 is 2.43 bits per heavy atom. The average molecular weight is 375 g/mol. The molecule has 0 unspecified atom stereocenters. The molecule has 0 spiro atoms. The third kappa shape index (κ3) is 4.16. The van der Waals surface area contributed by atoms with E-state index in [0.717, 1.165) is 0 Å². The number of carbonyl (C=O) groups is 1. The maximum absolute atomic E-state index is 12.0. The third-order valence-corrected chi connectivity index (χ3v) is 3.56. The van der Waals surface area contributed by atoms with Crippen LogP contribution in [0.1, 0.15) is 16.2 Å². The smallest absolute Gasteiger partial charge is 0.291 e. The molecule has 122 valence electrons. The standard InChI is InChI=1S/C14H14Cl3N5O/c1-8-4-12(14(23)19-18-7-21(2)3)20-22(8)13-10(16)5-9(15)6-11(13)17/h4-7H,1-3H3,(H,19,23)/b18-7+. The second-order valence-electron chi connectivity index (χ2n) is 4.95. The molecule has 23 heavy (non-hydrogen) atoms. The van der Waals surface area contributed by atoms with Crippen LogP contribution in [-0.2, 0) is 0 Å². The summed E-state index contributed by atoms with van der Waals surface area (Å²) in [6.45, 7) is 1.79. The highest BCUT2D eigenvalue weighted by Gasteiger charge is 2.17. The first-order chi connectivity index (χ1) is 10.8. The summed E-state index contributed by atoms with van der Waals surface area (Å²) in [5, 5.41) is 9.12. The molecular weight excluding hydrogens is 361 g/mol. The molecule has 9 heteroatoms. The number of rotatable bonds is 4. The Kier molecular flexibility index (Phi) is 5.51. The van der Waals surface area contributed by atoms with Crippen LogP contribution in [0.25, 0.3) is 5.69 Å². The van der Waals surface area contributed by atoms with Crippen molar-refractivity contribution in [1.82, 2.24) is 20.1 Å². The molecule has 1 aromatic carbocycles. The molecule has 0 aliphatic rings. The van der Waals surface area contributed by atoms with E-state index in [0.29, 0.717) is 26.4 Å². The summed E-state index contributed by atoms with van der Waals surface area (Å²) in [6.07, 6.45) is 1.47. The highest BCUT2D eigenvalue weighted by Crippen LogP contribution is 2.32. The van der Waals surface area contributed by atoms with Gasteiger partial charge in [-0.2, -0.15) is 10.2 Å². The van der Waals surface area contributed by atoms with Gasteiger partial charge in [-0.3, -0.25) is 4.79 Å². The molecule has 0 aliphatic carbocycles. The van der Waals surface area contributed by atoms with Gasteiger partial charge in [0.25, 0.3) is 5.91 Å². The summed E-state index contributed by atoms with van der Waals surface area (Å²) in [5.74, 6) is -0.439. The van der Waals surface area contributed by atoms with Gasteiger partial charge >= 0.3 is 0 Å². The van der Waals surface area contributed by atoms with Gasteiger partial charge in [0, 0.05) is 24.8 Å². The van der Waals surface area contributed by atoms with E-state index in [-0.39, 0.29) is 5.69 Å². The Hall–Kier alpha value is -1.76. The molecule has 0 fully saturated rings. The van der Waals surface area contributed by atoms with Crippen molar-refractivity contribution in [3.8, 4) is 5.69 Å². The minimum Gasteiger partial charge on any atom is -0.367 e. The summed E-state index contributed by atoms with van der Waals surface area (Å²) in [6, 6.07) is 4.74. The van der Waals surface area contributed by atoms with Gasteiger partial charge in [-0.25, -0.2) is 10.1 Å². The molecule has 0 saturated carbocycles. The second kappa shape index (κ2) is 7.21. The van der Waals surface area contributed by atoms with Crippen molar-refractivity contribution < 1.29 is 4.79 Å². The highest BCUT2D eigenvalue weighted by atomic mass is 35.5. The van der Waals surface area contributed by atoms with Crippen LogP contribution in [0.3, 0.4) is 0 Å². The number of hydrogen-bond acceptors (Lipinski definition) is 3. The minimum atomic E-state index is -0.439. The quantitative estimate of drug-likeness (QED) is 0.507. The van der Waals surface area contributed by atoms with Crippen molar-refractivity contribution in [2.75, 3.05) is 14.1 Å². The van der Waals surface area contributed by atoms with Crippen LogP contribution in [0.15, 0.2) is 23.3 Å². The summed E-state index contributed by atoms with van der Waals surface area (Å²) < 4.78 is 1.49. The van der Waals surface area contributed by atoms with Crippen molar-refractivity contribution in [2.24, 2.45) is 5.10 Å². The number of aryl methyl sites for hydroxylation is 1. The first-order valence-electron chi connectivity index (χ1n) is 6.51. The predicted octanol–water partition coefficient (Wildman–Crippen LogP) is 3.38. The number of nitrogens with one attached hydrogen (secondary N) is 1. The lowest BCUT2D eigenvalue weighted by Crippen LogP contribution is -2.20. The van der Waals surface area contributed by atoms with Crippen molar-refractivity contribution in [3.63, 3.8) is 0 Å². The van der Waals surface area contributed by atoms with E-state index in [1.54, 1.807) is 44.1 Å². The maximum atomic E-state index is 12.0. The van der Waals surface area contributed by atoms with Crippen LogP contribution < -0.4 is 5.43 Å². The van der Waals surface area contributed by atoms with E-state index in [2.05, 4.69) is 15.6 Å². The van der Waals surface area contributed by atoms with Gasteiger partial charge in [0.2, 0.25) is 0 Å². The molecule has 6 nitrogen and oxygen atoms in total. The van der Waals surface area contributed by atoms with Crippen molar-refractivity contribution >= 4 is 47.0 Å². The van der Waals surface area contributed by atoms with Crippen LogP contribution in [0.4, 0.5) is 0 Å². The van der Waals surface area contributed by atoms with Gasteiger partial charge < -0.3 is 4.90 Å². The molecule has 1 amide bonds. The van der Waals surface area contributed by atoms with Crippen molar-refractivity contribution in [1.29, 1.82) is 0 Å². The molecule has 1 N–H and O–H groups in total. The number of hydrogen-bond donors (Lipinski definition) is 1. The van der Waals surface area contributed by atoms with Crippen LogP contribution >= 0.6 is 34.8 Å². The van der Waals surface area contributed by atoms with Gasteiger partial charge in [-0.15, -0.1) is 0 Å². The lowest BCUT2D eigenvalue weighted by atomic mass is 10.3. The molecule has 0 bridgehead atoms. The Morgan fingerprint density at radius 2 is 1.87 bits per heavy atom. The van der Waals surface area contributed by atoms with Gasteiger partial charge in [0.1, 0.15) is 12.0 Å². The molecule has 2 rings (SSSR count). The SMILES string of the molecule is Cc1cc(C(=O)N/N=C/N(C)C)nn1-c1c(Cl)cc(Cl)cc1Cl. The van der Waals surface area contributed by atoms with E-state index >= 15 is 0 Å². The van der Waals surface area contributed by atoms with E-state index in [1.165, 1.54) is 11.0 Å². The van der Waals surface area contributed by atoms with E-state index in [9.17, 15) is 4.79 Å². The molecule has 1 heterocycles. The monoisotopic (exact) mass is 373 g/mol. The Morgan fingerprint density at radius 1 is 1.26 bits per heavy atom. The van der Waals surface area contributed by atoms with Gasteiger partial charge in [-0.1, -0.05) is 34.8 Å². The fraction of sp³-hybridized carbons (Fsp3) is 0.214. The van der Waals surface area contributed by atoms with Gasteiger partial charge in [0.15, 0.2) is 5.69 Å². The van der Waals surface area contributed by atoms with Crippen LogP contribution in [0, 0.1) is 6.92 Å². The topological polar surface area (TPSA) is 62.5 Å². The lowest BCUT2D eigenvalue weighted by Gasteiger charge is -2.09. The Labute approximate surface area is 148 Å². The highest BCUT2D eigenvalue weighted by molar-refractivity contribution is 6.40. The fourth-order valence-electron chi connectivity index (χ4n) is 1.81. The van der Waals surface area contributed by atoms with Crippen LogP contribution in [0.5, 0.6) is 0 Å². The van der Waals surface area contributed by atoms with E-state index < -0.39 is 5.91 Å². The summed E-state index contributed by atoms with van der Waals surface area (Å²) in [7, 11) is 3.58. The van der Waals surface area contributed by atoms with Crippen LogP contribution in [-0.4, -0.2) is 41.0 Å². The molecule has 0 atom stereocenters. The van der Waals surface area contributed by atoms with Crippen molar-refractivity contribution in [3.05, 3.63) is 44.7 Å². The molecule has 1 aromatic heterocycles. The van der Waals surface area contributed by atoms with E-state index in [1.807, 2.05) is 0 Å². The lowest BCUT2D eigenvalue weighted by molar-refractivity contribution is 0.0949. The zero-order valence-electron chi connectivity index (χ0n) is 12.6. The minimum absolute atomic E-state index is 0.195. The number of nitrogens with zero attached hydrogens (tertiary/aromatic N) is 4. The zero-order chi connectivity index (χ0) is 17.1. The second-order valence-corrected chi connectivity index (χ2v) is 6.20. The Balaban J connectivity index is 2.34. The number of aromatic nitrogens is 2. The molecule has 0 saturated heterocycles. The Bertz CT molecular complexity index is 747. The molecular formula is C14H14Cl3N5O. The zero-order valence-corrected chi connectivity index (χ0v) is 14.9. The first-order valence-corrected chi connectivity index (χ1v) is 7.64. The van der Waals surface area contributed by atoms with Gasteiger partial charge in [0.05, 0.1) is 10.0 Å². The average Bonchev–Trinajstić information content (AvgIpc) is 2.79. The first kappa shape index (κ1) is 17.6. The fourth-order valence-corrected chi connectivity index (χ4v) is 2.79. The number of carbonyl (C=O) groups excluding carboxylic acids is 1. The number of benzene rings is 1. The number of halogens is 3. The van der Waals surface area contributed by atoms with Gasteiger partial charge in [-0.05, 0) is 25.1 Å². The number of hydrazone groups is 1. The largest absolute Gasteiger partial charge is 0.367 e. The van der Waals surface area contributed by atoms with E-state index in [4.69, 9.17) is 34.8 Å². The molecule has 2 aromatic rings. The molecule has 0 aliphatic heterocycles.